The van der Waals surface area contributed by atoms with Gasteiger partial charge in [-0.1, -0.05) is 22.5 Å². The SMILES string of the molecule is C=C(CC[C@H](NC(=O)c1ccc(Br)cc1OCC)C(=O)OC)OC. The van der Waals surface area contributed by atoms with Gasteiger partial charge in [0.25, 0.3) is 5.91 Å². The Morgan fingerprint density at radius 2 is 2.00 bits per heavy atom. The lowest BCUT2D eigenvalue weighted by atomic mass is 10.1. The van der Waals surface area contributed by atoms with Gasteiger partial charge in [-0.3, -0.25) is 4.79 Å². The fourth-order valence-corrected chi connectivity index (χ4v) is 2.33. The van der Waals surface area contributed by atoms with E-state index in [9.17, 15) is 9.59 Å². The summed E-state index contributed by atoms with van der Waals surface area (Å²) in [5, 5.41) is 2.68. The highest BCUT2D eigenvalue weighted by Crippen LogP contribution is 2.24. The number of methoxy groups -OCH3 is 2. The van der Waals surface area contributed by atoms with E-state index in [0.29, 0.717) is 36.5 Å². The Kier molecular flexibility index (Phi) is 8.32. The van der Waals surface area contributed by atoms with E-state index < -0.39 is 17.9 Å². The van der Waals surface area contributed by atoms with E-state index in [2.05, 4.69) is 27.8 Å². The van der Waals surface area contributed by atoms with E-state index in [-0.39, 0.29) is 0 Å². The van der Waals surface area contributed by atoms with E-state index in [1.807, 2.05) is 6.92 Å². The van der Waals surface area contributed by atoms with Gasteiger partial charge >= 0.3 is 5.97 Å². The molecule has 0 saturated carbocycles. The van der Waals surface area contributed by atoms with Crippen LogP contribution in [0.1, 0.15) is 30.1 Å². The fraction of sp³-hybridized carbons (Fsp3) is 0.412. The number of amides is 1. The molecule has 0 radical (unpaired) electrons. The van der Waals surface area contributed by atoms with E-state index in [0.717, 1.165) is 4.47 Å². The maximum atomic E-state index is 12.5. The predicted octanol–water partition coefficient (Wildman–Crippen LogP) is 3.06. The van der Waals surface area contributed by atoms with Crippen LogP contribution in [0.3, 0.4) is 0 Å². The van der Waals surface area contributed by atoms with Gasteiger partial charge in [0, 0.05) is 10.9 Å². The van der Waals surface area contributed by atoms with Gasteiger partial charge in [-0.05, 0) is 31.5 Å². The van der Waals surface area contributed by atoms with Crippen LogP contribution in [0, 0.1) is 0 Å². The molecule has 1 N–H and O–H groups in total. The molecule has 132 valence electrons. The third-order valence-electron chi connectivity index (χ3n) is 3.28. The lowest BCUT2D eigenvalue weighted by molar-refractivity contribution is -0.143. The summed E-state index contributed by atoms with van der Waals surface area (Å²) >= 11 is 3.34. The number of carbonyl (C=O) groups is 2. The topological polar surface area (TPSA) is 73.9 Å². The molecule has 0 aliphatic heterocycles. The number of halogens is 1. The van der Waals surface area contributed by atoms with Crippen LogP contribution < -0.4 is 10.1 Å². The number of rotatable bonds is 9. The van der Waals surface area contributed by atoms with Gasteiger partial charge in [0.1, 0.15) is 11.8 Å². The summed E-state index contributed by atoms with van der Waals surface area (Å²) in [5.74, 6) is 0.0257. The molecule has 7 heteroatoms. The van der Waals surface area contributed by atoms with Crippen molar-refractivity contribution in [2.24, 2.45) is 0 Å². The number of hydrogen-bond acceptors (Lipinski definition) is 5. The molecule has 0 fully saturated rings. The van der Waals surface area contributed by atoms with Crippen molar-refractivity contribution in [2.75, 3.05) is 20.8 Å². The monoisotopic (exact) mass is 399 g/mol. The Morgan fingerprint density at radius 1 is 1.29 bits per heavy atom. The summed E-state index contributed by atoms with van der Waals surface area (Å²) in [5.41, 5.74) is 0.347. The van der Waals surface area contributed by atoms with Crippen LogP contribution in [0.5, 0.6) is 5.75 Å². The molecule has 1 rings (SSSR count). The lowest BCUT2D eigenvalue weighted by Crippen LogP contribution is -2.41. The summed E-state index contributed by atoms with van der Waals surface area (Å²) in [7, 11) is 2.78. The van der Waals surface area contributed by atoms with Crippen LogP contribution in [0.2, 0.25) is 0 Å². The van der Waals surface area contributed by atoms with Gasteiger partial charge in [0.05, 0.1) is 32.1 Å². The first-order valence-corrected chi connectivity index (χ1v) is 8.25. The zero-order valence-corrected chi connectivity index (χ0v) is 15.6. The third-order valence-corrected chi connectivity index (χ3v) is 3.77. The molecule has 0 unspecified atom stereocenters. The maximum Gasteiger partial charge on any atom is 0.328 e. The van der Waals surface area contributed by atoms with Crippen molar-refractivity contribution < 1.29 is 23.8 Å². The standard InChI is InChI=1S/C17H22BrNO5/c1-5-24-15-10-12(18)7-8-13(15)16(20)19-14(17(21)23-4)9-6-11(2)22-3/h7-8,10,14H,2,5-6,9H2,1,3-4H3,(H,19,20)/t14-/m0/s1. The smallest absolute Gasteiger partial charge is 0.328 e. The summed E-state index contributed by atoms with van der Waals surface area (Å²) in [6.45, 7) is 5.95. The number of benzene rings is 1. The molecule has 1 aromatic rings. The average Bonchev–Trinajstić information content (AvgIpc) is 2.57. The van der Waals surface area contributed by atoms with Crippen LogP contribution in [0.25, 0.3) is 0 Å². The normalized spacial score (nSPS) is 11.3. The van der Waals surface area contributed by atoms with E-state index in [1.165, 1.54) is 14.2 Å². The van der Waals surface area contributed by atoms with Crippen LogP contribution in [0.4, 0.5) is 0 Å². The predicted molar refractivity (Wildman–Crippen MR) is 94.0 cm³/mol. The van der Waals surface area contributed by atoms with Gasteiger partial charge in [-0.15, -0.1) is 0 Å². The van der Waals surface area contributed by atoms with Gasteiger partial charge < -0.3 is 19.5 Å². The second kappa shape index (κ2) is 9.97. The van der Waals surface area contributed by atoms with Crippen molar-refractivity contribution in [1.29, 1.82) is 0 Å². The molecular weight excluding hydrogens is 378 g/mol. The first-order chi connectivity index (χ1) is 11.4. The largest absolute Gasteiger partial charge is 0.502 e. The van der Waals surface area contributed by atoms with Crippen molar-refractivity contribution in [2.45, 2.75) is 25.8 Å². The third kappa shape index (κ3) is 5.88. The molecule has 24 heavy (non-hydrogen) atoms. The highest BCUT2D eigenvalue weighted by Gasteiger charge is 2.24. The molecule has 0 bridgehead atoms. The number of nitrogens with one attached hydrogen (secondary N) is 1. The van der Waals surface area contributed by atoms with Gasteiger partial charge in [0.15, 0.2) is 0 Å². The molecule has 0 aliphatic rings. The summed E-state index contributed by atoms with van der Waals surface area (Å²) in [6.07, 6.45) is 0.751. The number of esters is 1. The Bertz CT molecular complexity index is 603. The number of ether oxygens (including phenoxy) is 3. The Balaban J connectivity index is 2.91. The van der Waals surface area contributed by atoms with Crippen molar-refractivity contribution >= 4 is 27.8 Å². The van der Waals surface area contributed by atoms with Crippen LogP contribution in [0.15, 0.2) is 35.0 Å². The van der Waals surface area contributed by atoms with Gasteiger partial charge in [-0.2, -0.15) is 0 Å². The number of hydrogen-bond donors (Lipinski definition) is 1. The van der Waals surface area contributed by atoms with E-state index in [4.69, 9.17) is 14.2 Å². The number of carbonyl (C=O) groups excluding carboxylic acids is 2. The minimum absolute atomic E-state index is 0.325. The Hall–Kier alpha value is -2.02. The second-order valence-corrected chi connectivity index (χ2v) is 5.82. The molecular formula is C17H22BrNO5. The highest BCUT2D eigenvalue weighted by atomic mass is 79.9. The van der Waals surface area contributed by atoms with E-state index in [1.54, 1.807) is 18.2 Å². The van der Waals surface area contributed by atoms with Crippen LogP contribution in [-0.4, -0.2) is 38.7 Å². The maximum absolute atomic E-state index is 12.5. The first-order valence-electron chi connectivity index (χ1n) is 7.45. The van der Waals surface area contributed by atoms with Crippen molar-refractivity contribution in [3.63, 3.8) is 0 Å². The summed E-state index contributed by atoms with van der Waals surface area (Å²) in [6, 6.07) is 4.27. The van der Waals surface area contributed by atoms with Crippen LogP contribution in [-0.2, 0) is 14.3 Å². The van der Waals surface area contributed by atoms with Crippen molar-refractivity contribution in [3.05, 3.63) is 40.6 Å². The summed E-state index contributed by atoms with van der Waals surface area (Å²) in [4.78, 5) is 24.4. The molecule has 0 heterocycles. The molecule has 1 aromatic carbocycles. The molecule has 0 aliphatic carbocycles. The van der Waals surface area contributed by atoms with Crippen molar-refractivity contribution in [3.8, 4) is 5.75 Å². The fourth-order valence-electron chi connectivity index (χ4n) is 1.99. The molecule has 6 nitrogen and oxygen atoms in total. The Morgan fingerprint density at radius 3 is 2.58 bits per heavy atom. The lowest BCUT2D eigenvalue weighted by Gasteiger charge is -2.18. The van der Waals surface area contributed by atoms with Crippen LogP contribution >= 0.6 is 15.9 Å². The summed E-state index contributed by atoms with van der Waals surface area (Å²) < 4.78 is 16.0. The quantitative estimate of drug-likeness (QED) is 0.510. The molecule has 1 atom stereocenters. The molecule has 0 aromatic heterocycles. The molecule has 0 spiro atoms. The molecule has 1 amide bonds. The van der Waals surface area contributed by atoms with Gasteiger partial charge in [0.2, 0.25) is 0 Å². The first kappa shape index (κ1) is 20.0. The zero-order chi connectivity index (χ0) is 18.1. The van der Waals surface area contributed by atoms with E-state index >= 15 is 0 Å². The van der Waals surface area contributed by atoms with Crippen molar-refractivity contribution in [1.82, 2.24) is 5.32 Å². The molecule has 0 saturated heterocycles. The minimum Gasteiger partial charge on any atom is -0.502 e. The number of allylic oxidation sites excluding steroid dienone is 1. The zero-order valence-electron chi connectivity index (χ0n) is 14.1. The van der Waals surface area contributed by atoms with Gasteiger partial charge in [-0.25, -0.2) is 4.79 Å². The average molecular weight is 400 g/mol. The Labute approximate surface area is 150 Å². The second-order valence-electron chi connectivity index (χ2n) is 4.90. The minimum atomic E-state index is -0.799. The highest BCUT2D eigenvalue weighted by molar-refractivity contribution is 9.10.